The zero-order valence-corrected chi connectivity index (χ0v) is 14.0. The second kappa shape index (κ2) is 7.71. The molecular formula is C17H16BrNO3. The van der Waals surface area contributed by atoms with Crippen molar-refractivity contribution in [2.75, 3.05) is 20.3 Å². The molecular weight excluding hydrogens is 346 g/mol. The molecule has 22 heavy (non-hydrogen) atoms. The van der Waals surface area contributed by atoms with E-state index in [4.69, 9.17) is 14.2 Å². The van der Waals surface area contributed by atoms with E-state index in [2.05, 4.69) is 22.0 Å². The van der Waals surface area contributed by atoms with Crippen molar-refractivity contribution in [3.05, 3.63) is 52.0 Å². The van der Waals surface area contributed by atoms with E-state index in [1.165, 1.54) is 0 Å². The predicted molar refractivity (Wildman–Crippen MR) is 87.6 cm³/mol. The second-order valence-electron chi connectivity index (χ2n) is 4.56. The first kappa shape index (κ1) is 16.2. The molecule has 4 nitrogen and oxygen atoms in total. The molecule has 0 heterocycles. The Hall–Kier alpha value is -2.19. The summed E-state index contributed by atoms with van der Waals surface area (Å²) in [6.45, 7) is 2.69. The molecule has 0 aliphatic heterocycles. The fourth-order valence-electron chi connectivity index (χ4n) is 1.97. The van der Waals surface area contributed by atoms with E-state index in [0.717, 1.165) is 15.8 Å². The Balaban J connectivity index is 2.00. The number of hydrogen-bond acceptors (Lipinski definition) is 4. The van der Waals surface area contributed by atoms with Crippen LogP contribution in [-0.2, 0) is 0 Å². The highest BCUT2D eigenvalue weighted by atomic mass is 79.9. The molecule has 5 heteroatoms. The summed E-state index contributed by atoms with van der Waals surface area (Å²) in [7, 11) is 1.54. The molecule has 0 aliphatic carbocycles. The number of rotatable bonds is 6. The lowest BCUT2D eigenvalue weighted by Crippen LogP contribution is -2.11. The van der Waals surface area contributed by atoms with Crippen LogP contribution in [0.25, 0.3) is 0 Å². The summed E-state index contributed by atoms with van der Waals surface area (Å²) in [5.74, 6) is 1.78. The zero-order chi connectivity index (χ0) is 15.9. The van der Waals surface area contributed by atoms with Gasteiger partial charge in [-0.05, 0) is 30.7 Å². The number of para-hydroxylation sites is 1. The Bertz CT molecular complexity index is 695. The van der Waals surface area contributed by atoms with Crippen molar-refractivity contribution in [2.45, 2.75) is 6.92 Å². The largest absolute Gasteiger partial charge is 0.493 e. The van der Waals surface area contributed by atoms with E-state index in [0.29, 0.717) is 30.3 Å². The highest BCUT2D eigenvalue weighted by Crippen LogP contribution is 2.34. The van der Waals surface area contributed by atoms with E-state index in [1.54, 1.807) is 19.2 Å². The standard InChI is InChI=1S/C17H16BrNO3/c1-12-5-3-4-6-15(12)21-7-8-22-17-13(11-19)9-14(18)10-16(17)20-2/h3-6,9-10H,7-8H2,1-2H3. The van der Waals surface area contributed by atoms with E-state index >= 15 is 0 Å². The summed E-state index contributed by atoms with van der Waals surface area (Å²) in [6.07, 6.45) is 0. The van der Waals surface area contributed by atoms with Gasteiger partial charge in [0.15, 0.2) is 11.5 Å². The second-order valence-corrected chi connectivity index (χ2v) is 5.47. The molecule has 0 aromatic heterocycles. The van der Waals surface area contributed by atoms with Crippen LogP contribution >= 0.6 is 15.9 Å². The molecule has 0 radical (unpaired) electrons. The van der Waals surface area contributed by atoms with Crippen LogP contribution in [0.3, 0.4) is 0 Å². The van der Waals surface area contributed by atoms with E-state index < -0.39 is 0 Å². The maximum absolute atomic E-state index is 9.20. The molecule has 0 bridgehead atoms. The third-order valence-corrected chi connectivity index (χ3v) is 3.50. The lowest BCUT2D eigenvalue weighted by Gasteiger charge is -2.14. The predicted octanol–water partition coefficient (Wildman–Crippen LogP) is 4.10. The van der Waals surface area contributed by atoms with Crippen molar-refractivity contribution < 1.29 is 14.2 Å². The van der Waals surface area contributed by atoms with Crippen LogP contribution in [0.1, 0.15) is 11.1 Å². The first-order chi connectivity index (χ1) is 10.7. The zero-order valence-electron chi connectivity index (χ0n) is 12.4. The molecule has 0 saturated carbocycles. The van der Waals surface area contributed by atoms with Gasteiger partial charge in [-0.25, -0.2) is 0 Å². The Kier molecular flexibility index (Phi) is 5.68. The SMILES string of the molecule is COc1cc(Br)cc(C#N)c1OCCOc1ccccc1C. The first-order valence-electron chi connectivity index (χ1n) is 6.74. The topological polar surface area (TPSA) is 51.5 Å². The van der Waals surface area contributed by atoms with Crippen molar-refractivity contribution in [3.63, 3.8) is 0 Å². The number of methoxy groups -OCH3 is 1. The Morgan fingerprint density at radius 1 is 1.09 bits per heavy atom. The molecule has 0 spiro atoms. The minimum atomic E-state index is 0.320. The minimum absolute atomic E-state index is 0.320. The van der Waals surface area contributed by atoms with Crippen LogP contribution in [-0.4, -0.2) is 20.3 Å². The van der Waals surface area contributed by atoms with Gasteiger partial charge in [-0.1, -0.05) is 34.1 Å². The molecule has 2 rings (SSSR count). The average molecular weight is 362 g/mol. The molecule has 0 unspecified atom stereocenters. The maximum Gasteiger partial charge on any atom is 0.179 e. The summed E-state index contributed by atoms with van der Waals surface area (Å²) in [5, 5.41) is 9.20. The van der Waals surface area contributed by atoms with E-state index in [-0.39, 0.29) is 0 Å². The molecule has 0 amide bonds. The van der Waals surface area contributed by atoms with Gasteiger partial charge >= 0.3 is 0 Å². The van der Waals surface area contributed by atoms with Crippen LogP contribution in [0, 0.1) is 18.3 Å². The van der Waals surface area contributed by atoms with Gasteiger partial charge in [0, 0.05) is 4.47 Å². The Morgan fingerprint density at radius 3 is 2.50 bits per heavy atom. The third-order valence-electron chi connectivity index (χ3n) is 3.04. The smallest absolute Gasteiger partial charge is 0.179 e. The van der Waals surface area contributed by atoms with Crippen LogP contribution in [0.5, 0.6) is 17.2 Å². The van der Waals surface area contributed by atoms with Crippen LogP contribution < -0.4 is 14.2 Å². The third kappa shape index (κ3) is 3.92. The number of aryl methyl sites for hydroxylation is 1. The molecule has 2 aromatic carbocycles. The van der Waals surface area contributed by atoms with Crippen molar-refractivity contribution in [2.24, 2.45) is 0 Å². The Morgan fingerprint density at radius 2 is 1.82 bits per heavy atom. The molecule has 2 aromatic rings. The number of benzene rings is 2. The molecule has 0 saturated heterocycles. The van der Waals surface area contributed by atoms with Gasteiger partial charge in [0.05, 0.1) is 12.7 Å². The summed E-state index contributed by atoms with van der Waals surface area (Å²) >= 11 is 3.34. The lowest BCUT2D eigenvalue weighted by atomic mass is 10.2. The normalized spacial score (nSPS) is 9.91. The highest BCUT2D eigenvalue weighted by molar-refractivity contribution is 9.10. The number of nitrogens with zero attached hydrogens (tertiary/aromatic N) is 1. The maximum atomic E-state index is 9.20. The van der Waals surface area contributed by atoms with Gasteiger partial charge in [-0.2, -0.15) is 5.26 Å². The average Bonchev–Trinajstić information content (AvgIpc) is 2.53. The van der Waals surface area contributed by atoms with Gasteiger partial charge < -0.3 is 14.2 Å². The van der Waals surface area contributed by atoms with E-state index in [9.17, 15) is 5.26 Å². The Labute approximate surface area is 138 Å². The fraction of sp³-hybridized carbons (Fsp3) is 0.235. The molecule has 0 N–H and O–H groups in total. The van der Waals surface area contributed by atoms with Gasteiger partial charge in [0.2, 0.25) is 0 Å². The van der Waals surface area contributed by atoms with E-state index in [1.807, 2.05) is 31.2 Å². The fourth-order valence-corrected chi connectivity index (χ4v) is 2.40. The summed E-state index contributed by atoms with van der Waals surface area (Å²) in [4.78, 5) is 0. The first-order valence-corrected chi connectivity index (χ1v) is 7.54. The molecule has 0 atom stereocenters. The summed E-state index contributed by atoms with van der Waals surface area (Å²) in [5.41, 5.74) is 1.49. The van der Waals surface area contributed by atoms with Crippen LogP contribution in [0.2, 0.25) is 0 Å². The van der Waals surface area contributed by atoms with Gasteiger partial charge in [-0.15, -0.1) is 0 Å². The van der Waals surface area contributed by atoms with Gasteiger partial charge in [0.1, 0.15) is 25.0 Å². The summed E-state index contributed by atoms with van der Waals surface area (Å²) in [6, 6.07) is 13.3. The quantitative estimate of drug-likeness (QED) is 0.727. The van der Waals surface area contributed by atoms with Gasteiger partial charge in [-0.3, -0.25) is 0 Å². The minimum Gasteiger partial charge on any atom is -0.493 e. The molecule has 0 aliphatic rings. The van der Waals surface area contributed by atoms with Crippen molar-refractivity contribution in [1.29, 1.82) is 5.26 Å². The number of ether oxygens (including phenoxy) is 3. The monoisotopic (exact) mass is 361 g/mol. The van der Waals surface area contributed by atoms with Crippen LogP contribution in [0.4, 0.5) is 0 Å². The van der Waals surface area contributed by atoms with Crippen molar-refractivity contribution in [3.8, 4) is 23.3 Å². The van der Waals surface area contributed by atoms with Crippen molar-refractivity contribution in [1.82, 2.24) is 0 Å². The van der Waals surface area contributed by atoms with Crippen LogP contribution in [0.15, 0.2) is 40.9 Å². The number of halogens is 1. The van der Waals surface area contributed by atoms with Crippen molar-refractivity contribution >= 4 is 15.9 Å². The number of hydrogen-bond donors (Lipinski definition) is 0. The van der Waals surface area contributed by atoms with Gasteiger partial charge in [0.25, 0.3) is 0 Å². The highest BCUT2D eigenvalue weighted by Gasteiger charge is 2.12. The number of nitriles is 1. The molecule has 0 fully saturated rings. The summed E-state index contributed by atoms with van der Waals surface area (Å²) < 4.78 is 17.4. The molecule has 114 valence electrons. The lowest BCUT2D eigenvalue weighted by molar-refractivity contribution is 0.210.